The molecule has 162 valence electrons. The van der Waals surface area contributed by atoms with Crippen LogP contribution in [0.3, 0.4) is 0 Å². The fourth-order valence-electron chi connectivity index (χ4n) is 2.53. The van der Waals surface area contributed by atoms with Gasteiger partial charge in [0.2, 0.25) is 5.91 Å². The molecule has 1 aromatic carbocycles. The van der Waals surface area contributed by atoms with Gasteiger partial charge in [0.1, 0.15) is 6.61 Å². The maximum Gasteiger partial charge on any atom is 0.401 e. The summed E-state index contributed by atoms with van der Waals surface area (Å²) in [5.74, 6) is -1.75. The second-order valence-electron chi connectivity index (χ2n) is 5.93. The van der Waals surface area contributed by atoms with Gasteiger partial charge in [0, 0.05) is 24.8 Å². The minimum Gasteiger partial charge on any atom is -0.433 e. The largest absolute Gasteiger partial charge is 0.433 e. The van der Waals surface area contributed by atoms with Crippen molar-refractivity contribution in [2.75, 3.05) is 43.1 Å². The molecule has 0 radical (unpaired) electrons. The molecule has 8 nitrogen and oxygen atoms in total. The average Bonchev–Trinajstić information content (AvgIpc) is 2.62. The average molecular weight is 426 g/mol. The van der Waals surface area contributed by atoms with E-state index in [-0.39, 0.29) is 36.9 Å². The number of amides is 2. The summed E-state index contributed by atoms with van der Waals surface area (Å²) in [5.41, 5.74) is 5.34. The number of nitrogens with zero attached hydrogens (tertiary/aromatic N) is 1. The number of ether oxygens (including phenoxy) is 2. The first-order chi connectivity index (χ1) is 13.6. The molecule has 0 aromatic heterocycles. The normalized spacial score (nSPS) is 16.1. The number of hydrogen-bond acceptors (Lipinski definition) is 6. The molecule has 1 heterocycles. The number of rotatable bonds is 8. The van der Waals surface area contributed by atoms with Gasteiger partial charge in [-0.3, -0.25) is 14.9 Å². The first-order valence-electron chi connectivity index (χ1n) is 8.38. The van der Waals surface area contributed by atoms with Crippen LogP contribution in [0.4, 0.5) is 33.3 Å². The minimum atomic E-state index is -4.54. The standard InChI is InChI=1S/C16H19F5N4O4/c17-15(18)29-12-5-9(1-2-11(12)25-3-4-28-7-13(25)26)24-14(27)10(6-22)23-8-16(19,20)21/h1-2,5,10,15,23H,3-4,6-8,22H2,(H,24,27)/t10-/m1/s1. The smallest absolute Gasteiger partial charge is 0.401 e. The van der Waals surface area contributed by atoms with Gasteiger partial charge in [-0.1, -0.05) is 0 Å². The van der Waals surface area contributed by atoms with E-state index in [1.807, 2.05) is 5.32 Å². The van der Waals surface area contributed by atoms with Crippen LogP contribution < -0.4 is 26.0 Å². The van der Waals surface area contributed by atoms with Crippen molar-refractivity contribution in [3.8, 4) is 5.75 Å². The molecule has 1 aromatic rings. The lowest BCUT2D eigenvalue weighted by atomic mass is 10.2. The van der Waals surface area contributed by atoms with Crippen molar-refractivity contribution in [2.24, 2.45) is 5.73 Å². The molecule has 2 rings (SSSR count). The third kappa shape index (κ3) is 6.80. The Kier molecular flexibility index (Phi) is 7.70. The van der Waals surface area contributed by atoms with E-state index in [0.29, 0.717) is 0 Å². The molecule has 1 atom stereocenters. The molecule has 1 aliphatic heterocycles. The van der Waals surface area contributed by atoms with Crippen molar-refractivity contribution in [1.29, 1.82) is 0 Å². The van der Waals surface area contributed by atoms with Gasteiger partial charge in [-0.25, -0.2) is 0 Å². The van der Waals surface area contributed by atoms with Gasteiger partial charge in [-0.2, -0.15) is 22.0 Å². The lowest BCUT2D eigenvalue weighted by Crippen LogP contribution is -2.48. The van der Waals surface area contributed by atoms with Crippen LogP contribution in [0, 0.1) is 0 Å². The molecule has 4 N–H and O–H groups in total. The molecule has 0 aliphatic carbocycles. The van der Waals surface area contributed by atoms with E-state index in [9.17, 15) is 31.5 Å². The van der Waals surface area contributed by atoms with Gasteiger partial charge in [0.25, 0.3) is 5.91 Å². The zero-order chi connectivity index (χ0) is 21.6. The molecule has 1 fully saturated rings. The Morgan fingerprint density at radius 2 is 2.07 bits per heavy atom. The molecule has 1 aliphatic rings. The summed E-state index contributed by atoms with van der Waals surface area (Å²) >= 11 is 0. The SMILES string of the molecule is NC[C@@H](NCC(F)(F)F)C(=O)Nc1ccc(N2CCOCC2=O)c(OC(F)F)c1. The van der Waals surface area contributed by atoms with Crippen molar-refractivity contribution in [1.82, 2.24) is 5.32 Å². The van der Waals surface area contributed by atoms with Crippen molar-refractivity contribution < 1.29 is 41.0 Å². The zero-order valence-electron chi connectivity index (χ0n) is 15.0. The number of carbonyl (C=O) groups excluding carboxylic acids is 2. The molecule has 2 amide bonds. The van der Waals surface area contributed by atoms with Crippen molar-refractivity contribution >= 4 is 23.2 Å². The van der Waals surface area contributed by atoms with E-state index in [0.717, 1.165) is 6.07 Å². The lowest BCUT2D eigenvalue weighted by Gasteiger charge is -2.28. The topological polar surface area (TPSA) is 106 Å². The summed E-state index contributed by atoms with van der Waals surface area (Å²) in [6.07, 6.45) is -4.54. The van der Waals surface area contributed by atoms with Crippen LogP contribution >= 0.6 is 0 Å². The predicted octanol–water partition coefficient (Wildman–Crippen LogP) is 1.07. The minimum absolute atomic E-state index is 0.0256. The van der Waals surface area contributed by atoms with E-state index in [2.05, 4.69) is 10.1 Å². The van der Waals surface area contributed by atoms with Crippen LogP contribution in [0.5, 0.6) is 5.75 Å². The van der Waals surface area contributed by atoms with Crippen molar-refractivity contribution in [3.63, 3.8) is 0 Å². The first-order valence-corrected chi connectivity index (χ1v) is 8.38. The highest BCUT2D eigenvalue weighted by atomic mass is 19.4. The van der Waals surface area contributed by atoms with E-state index >= 15 is 0 Å². The Bertz CT molecular complexity index is 732. The number of carbonyl (C=O) groups is 2. The van der Waals surface area contributed by atoms with Gasteiger partial charge in [0.05, 0.1) is 24.9 Å². The lowest BCUT2D eigenvalue weighted by molar-refractivity contribution is -0.130. The molecular formula is C16H19F5N4O4. The van der Waals surface area contributed by atoms with Crippen LogP contribution in [0.25, 0.3) is 0 Å². The molecule has 0 bridgehead atoms. The first kappa shape index (κ1) is 22.8. The fraction of sp³-hybridized carbons (Fsp3) is 0.500. The van der Waals surface area contributed by atoms with Gasteiger partial charge in [0.15, 0.2) is 5.75 Å². The number of nitrogens with one attached hydrogen (secondary N) is 2. The number of morpholine rings is 1. The monoisotopic (exact) mass is 426 g/mol. The van der Waals surface area contributed by atoms with Gasteiger partial charge in [-0.15, -0.1) is 0 Å². The molecule has 29 heavy (non-hydrogen) atoms. The van der Waals surface area contributed by atoms with Gasteiger partial charge in [-0.05, 0) is 12.1 Å². The van der Waals surface area contributed by atoms with E-state index in [1.165, 1.54) is 17.0 Å². The fourth-order valence-corrected chi connectivity index (χ4v) is 2.53. The summed E-state index contributed by atoms with van der Waals surface area (Å²) in [6, 6.07) is 2.25. The van der Waals surface area contributed by atoms with Crippen molar-refractivity contribution in [3.05, 3.63) is 18.2 Å². The van der Waals surface area contributed by atoms with Crippen LogP contribution in [0.2, 0.25) is 0 Å². The third-order valence-electron chi connectivity index (χ3n) is 3.82. The van der Waals surface area contributed by atoms with Crippen molar-refractivity contribution in [2.45, 2.75) is 18.8 Å². The van der Waals surface area contributed by atoms with Crippen LogP contribution in [-0.2, 0) is 14.3 Å². The quantitative estimate of drug-likeness (QED) is 0.537. The number of halogens is 5. The number of alkyl halides is 5. The maximum absolute atomic E-state index is 12.8. The van der Waals surface area contributed by atoms with Crippen LogP contribution in [0.1, 0.15) is 0 Å². The molecule has 0 spiro atoms. The summed E-state index contributed by atoms with van der Waals surface area (Å²) in [5, 5.41) is 4.25. The molecular weight excluding hydrogens is 407 g/mol. The molecule has 0 unspecified atom stereocenters. The van der Waals surface area contributed by atoms with Gasteiger partial charge >= 0.3 is 12.8 Å². The third-order valence-corrected chi connectivity index (χ3v) is 3.82. The highest BCUT2D eigenvalue weighted by molar-refractivity contribution is 5.98. The number of anilines is 2. The second kappa shape index (κ2) is 9.80. The predicted molar refractivity (Wildman–Crippen MR) is 91.8 cm³/mol. The Labute approximate surface area is 162 Å². The number of nitrogens with two attached hydrogens (primary N) is 1. The second-order valence-corrected chi connectivity index (χ2v) is 5.93. The summed E-state index contributed by atoms with van der Waals surface area (Å²) < 4.78 is 71.9. The zero-order valence-corrected chi connectivity index (χ0v) is 15.0. The maximum atomic E-state index is 12.8. The number of hydrogen-bond donors (Lipinski definition) is 3. The summed E-state index contributed by atoms with van der Waals surface area (Å²) in [6.45, 7) is -4.98. The van der Waals surface area contributed by atoms with E-state index in [1.54, 1.807) is 0 Å². The Hall–Kier alpha value is -2.51. The summed E-state index contributed by atoms with van der Waals surface area (Å²) in [4.78, 5) is 25.3. The highest BCUT2D eigenvalue weighted by Gasteiger charge is 2.30. The number of benzene rings is 1. The van der Waals surface area contributed by atoms with Crippen LogP contribution in [-0.4, -0.2) is 63.5 Å². The van der Waals surface area contributed by atoms with E-state index in [4.69, 9.17) is 10.5 Å². The van der Waals surface area contributed by atoms with Crippen LogP contribution in [0.15, 0.2) is 18.2 Å². The molecule has 0 saturated carbocycles. The summed E-state index contributed by atoms with van der Waals surface area (Å²) in [7, 11) is 0. The Morgan fingerprint density at radius 1 is 1.34 bits per heavy atom. The van der Waals surface area contributed by atoms with E-state index < -0.39 is 43.7 Å². The molecule has 13 heteroatoms. The Morgan fingerprint density at radius 3 is 2.66 bits per heavy atom. The molecule has 1 saturated heterocycles. The van der Waals surface area contributed by atoms with Gasteiger partial charge < -0.3 is 25.4 Å². The Balaban J connectivity index is 2.18. The highest BCUT2D eigenvalue weighted by Crippen LogP contribution is 2.33.